The van der Waals surface area contributed by atoms with Gasteiger partial charge in [0, 0.05) is 34.9 Å². The van der Waals surface area contributed by atoms with Gasteiger partial charge in [0.05, 0.1) is 6.04 Å². The third-order valence-corrected chi connectivity index (χ3v) is 5.38. The number of anilines is 2. The number of nitrogens with zero attached hydrogens (tertiary/aromatic N) is 1. The van der Waals surface area contributed by atoms with E-state index in [1.165, 1.54) is 0 Å². The van der Waals surface area contributed by atoms with E-state index in [4.69, 9.17) is 21.1 Å². The Bertz CT molecular complexity index is 849. The molecule has 0 aliphatic carbocycles. The molecule has 2 aliphatic rings. The maximum Gasteiger partial charge on any atom is 0.224 e. The van der Waals surface area contributed by atoms with Gasteiger partial charge >= 0.3 is 0 Å². The molecule has 2 aromatic rings. The molecule has 1 N–H and O–H groups in total. The van der Waals surface area contributed by atoms with Crippen LogP contribution in [0.1, 0.15) is 50.7 Å². The lowest BCUT2D eigenvalue weighted by Crippen LogP contribution is -2.43. The van der Waals surface area contributed by atoms with Crippen molar-refractivity contribution >= 4 is 28.9 Å². The number of ether oxygens (including phenoxy) is 2. The fraction of sp³-hybridized carbons (Fsp3) is 0.381. The predicted octanol–water partition coefficient (Wildman–Crippen LogP) is 5.03. The van der Waals surface area contributed by atoms with Crippen LogP contribution in [0.15, 0.2) is 42.5 Å². The van der Waals surface area contributed by atoms with E-state index >= 15 is 0 Å². The molecule has 0 spiro atoms. The van der Waals surface area contributed by atoms with Crippen molar-refractivity contribution in [3.63, 3.8) is 0 Å². The van der Waals surface area contributed by atoms with Crippen LogP contribution in [-0.2, 0) is 14.3 Å². The minimum Gasteiger partial charge on any atom is -0.378 e. The summed E-state index contributed by atoms with van der Waals surface area (Å²) < 4.78 is 11.3. The van der Waals surface area contributed by atoms with Gasteiger partial charge in [-0.25, -0.2) is 0 Å². The molecule has 5 nitrogen and oxygen atoms in total. The monoisotopic (exact) mass is 386 g/mol. The molecule has 6 heteroatoms. The molecule has 0 saturated carbocycles. The molecule has 0 radical (unpaired) electrons. The summed E-state index contributed by atoms with van der Waals surface area (Å²) in [6.07, 6.45) is 0.288. The van der Waals surface area contributed by atoms with Crippen molar-refractivity contribution in [1.29, 1.82) is 0 Å². The summed E-state index contributed by atoms with van der Waals surface area (Å²) in [5.41, 5.74) is 3.97. The fourth-order valence-corrected chi connectivity index (χ4v) is 4.03. The van der Waals surface area contributed by atoms with Crippen molar-refractivity contribution in [3.8, 4) is 0 Å². The van der Waals surface area contributed by atoms with Gasteiger partial charge in [0.1, 0.15) is 0 Å². The fourth-order valence-electron chi connectivity index (χ4n) is 3.91. The number of benzene rings is 2. The van der Waals surface area contributed by atoms with E-state index in [1.54, 1.807) is 6.92 Å². The molecular formula is C21H23ClN2O3. The van der Waals surface area contributed by atoms with Crippen molar-refractivity contribution in [2.75, 3.05) is 10.2 Å². The Labute approximate surface area is 164 Å². The number of carbonyl (C=O) groups excluding carboxylic acids is 1. The van der Waals surface area contributed by atoms with Gasteiger partial charge in [-0.2, -0.15) is 0 Å². The summed E-state index contributed by atoms with van der Waals surface area (Å²) >= 11 is 6.00. The number of halogens is 1. The molecule has 0 aromatic heterocycles. The first-order valence-corrected chi connectivity index (χ1v) is 9.57. The van der Waals surface area contributed by atoms with Crippen molar-refractivity contribution in [3.05, 3.63) is 58.6 Å². The lowest BCUT2D eigenvalue weighted by molar-refractivity contribution is -0.382. The van der Waals surface area contributed by atoms with Gasteiger partial charge in [-0.1, -0.05) is 17.7 Å². The zero-order chi connectivity index (χ0) is 19.1. The van der Waals surface area contributed by atoms with E-state index in [9.17, 15) is 4.79 Å². The third-order valence-electron chi connectivity index (χ3n) is 5.13. The summed E-state index contributed by atoms with van der Waals surface area (Å²) in [5.74, 6) is 0.0474. The highest BCUT2D eigenvalue weighted by molar-refractivity contribution is 6.30. The topological polar surface area (TPSA) is 50.8 Å². The SMILES string of the molecule is CC(=O)N1c2ccc(C3OC(C)O3)cc2C(Nc2ccc(Cl)cc2)CC1C. The molecule has 2 aromatic carbocycles. The average molecular weight is 387 g/mol. The Balaban J connectivity index is 1.70. The maximum absolute atomic E-state index is 12.2. The lowest BCUT2D eigenvalue weighted by Gasteiger charge is -2.41. The van der Waals surface area contributed by atoms with E-state index in [1.807, 2.05) is 48.2 Å². The molecule has 27 heavy (non-hydrogen) atoms. The first-order valence-electron chi connectivity index (χ1n) is 9.19. The highest BCUT2D eigenvalue weighted by atomic mass is 35.5. The maximum atomic E-state index is 12.2. The lowest BCUT2D eigenvalue weighted by atomic mass is 9.89. The van der Waals surface area contributed by atoms with Crippen LogP contribution < -0.4 is 10.2 Å². The second kappa shape index (κ2) is 7.15. The standard InChI is InChI=1S/C21H23ClN2O3/c1-12-10-19(23-17-7-5-16(22)6-8-17)18-11-15(21-26-14(3)27-21)4-9-20(18)24(12)13(2)25/h4-9,11-12,14,19,21,23H,10H2,1-3H3. The zero-order valence-electron chi connectivity index (χ0n) is 15.6. The van der Waals surface area contributed by atoms with Gasteiger partial charge in [0.15, 0.2) is 12.6 Å². The molecule has 2 atom stereocenters. The number of nitrogens with one attached hydrogen (secondary N) is 1. The van der Waals surface area contributed by atoms with Crippen molar-refractivity contribution < 1.29 is 14.3 Å². The van der Waals surface area contributed by atoms with Crippen LogP contribution in [0.5, 0.6) is 0 Å². The first-order chi connectivity index (χ1) is 12.9. The van der Waals surface area contributed by atoms with Crippen LogP contribution in [0.25, 0.3) is 0 Å². The van der Waals surface area contributed by atoms with Crippen LogP contribution in [0.3, 0.4) is 0 Å². The number of amides is 1. The summed E-state index contributed by atoms with van der Waals surface area (Å²) in [6, 6.07) is 13.9. The van der Waals surface area contributed by atoms with Gasteiger partial charge < -0.3 is 19.7 Å². The highest BCUT2D eigenvalue weighted by Gasteiger charge is 2.35. The molecule has 0 bridgehead atoms. The Morgan fingerprint density at radius 1 is 1.15 bits per heavy atom. The largest absolute Gasteiger partial charge is 0.378 e. The minimum atomic E-state index is -0.341. The Kier molecular flexibility index (Phi) is 4.84. The molecular weight excluding hydrogens is 364 g/mol. The number of rotatable bonds is 3. The molecule has 1 saturated heterocycles. The predicted molar refractivity (Wildman–Crippen MR) is 106 cm³/mol. The Morgan fingerprint density at radius 2 is 1.85 bits per heavy atom. The molecule has 1 amide bonds. The van der Waals surface area contributed by atoms with Crippen LogP contribution >= 0.6 is 11.6 Å². The van der Waals surface area contributed by atoms with Gasteiger partial charge in [-0.3, -0.25) is 4.79 Å². The van der Waals surface area contributed by atoms with Crippen LogP contribution in [-0.4, -0.2) is 18.2 Å². The third kappa shape index (κ3) is 3.55. The van der Waals surface area contributed by atoms with Gasteiger partial charge in [-0.15, -0.1) is 0 Å². The molecule has 142 valence electrons. The van der Waals surface area contributed by atoms with E-state index < -0.39 is 0 Å². The van der Waals surface area contributed by atoms with Gasteiger partial charge in [-0.05, 0) is 62.2 Å². The Hall–Kier alpha value is -2.08. The summed E-state index contributed by atoms with van der Waals surface area (Å²) in [6.45, 7) is 5.56. The van der Waals surface area contributed by atoms with Gasteiger partial charge in [0.2, 0.25) is 5.91 Å². The second-order valence-corrected chi connectivity index (χ2v) is 7.60. The van der Waals surface area contributed by atoms with Crippen LogP contribution in [0.4, 0.5) is 11.4 Å². The van der Waals surface area contributed by atoms with E-state index in [0.717, 1.165) is 28.9 Å². The minimum absolute atomic E-state index is 0.0474. The van der Waals surface area contributed by atoms with E-state index in [0.29, 0.717) is 5.02 Å². The quantitative estimate of drug-likeness (QED) is 0.803. The highest BCUT2D eigenvalue weighted by Crippen LogP contribution is 2.42. The van der Waals surface area contributed by atoms with E-state index in [2.05, 4.69) is 18.3 Å². The van der Waals surface area contributed by atoms with Crippen LogP contribution in [0.2, 0.25) is 5.02 Å². The molecule has 2 heterocycles. The van der Waals surface area contributed by atoms with Crippen molar-refractivity contribution in [1.82, 2.24) is 0 Å². The summed E-state index contributed by atoms with van der Waals surface area (Å²) in [4.78, 5) is 14.1. The molecule has 2 unspecified atom stereocenters. The second-order valence-electron chi connectivity index (χ2n) is 7.17. The van der Waals surface area contributed by atoms with Gasteiger partial charge in [0.25, 0.3) is 0 Å². The normalized spacial score (nSPS) is 26.9. The average Bonchev–Trinajstić information content (AvgIpc) is 2.60. The first kappa shape index (κ1) is 18.3. The smallest absolute Gasteiger partial charge is 0.224 e. The summed E-state index contributed by atoms with van der Waals surface area (Å²) in [7, 11) is 0. The Morgan fingerprint density at radius 3 is 2.48 bits per heavy atom. The summed E-state index contributed by atoms with van der Waals surface area (Å²) in [5, 5.41) is 4.29. The van der Waals surface area contributed by atoms with Crippen molar-refractivity contribution in [2.24, 2.45) is 0 Å². The number of carbonyl (C=O) groups is 1. The van der Waals surface area contributed by atoms with Crippen LogP contribution in [0, 0.1) is 0 Å². The van der Waals surface area contributed by atoms with Crippen molar-refractivity contribution in [2.45, 2.75) is 51.9 Å². The number of hydrogen-bond acceptors (Lipinski definition) is 4. The number of hydrogen-bond donors (Lipinski definition) is 1. The molecule has 2 aliphatic heterocycles. The number of fused-ring (bicyclic) bond motifs is 1. The molecule has 4 rings (SSSR count). The molecule has 1 fully saturated rings. The zero-order valence-corrected chi connectivity index (χ0v) is 16.4. The van der Waals surface area contributed by atoms with E-state index in [-0.39, 0.29) is 30.6 Å².